The van der Waals surface area contributed by atoms with Crippen molar-refractivity contribution in [1.82, 2.24) is 5.43 Å². The molecule has 0 aliphatic rings. The van der Waals surface area contributed by atoms with E-state index in [0.29, 0.717) is 22.8 Å². The standard InChI is InChI=1S/C19H23N3O4/c1-13-6-5-7-15(8-13)20-12-18(23)22-21-11-14-9-16(24-2)19(26-4)17(10-14)25-3/h5-11,20H,12H2,1-4H3,(H,22,23)/b21-11-. The molecule has 0 heterocycles. The zero-order chi connectivity index (χ0) is 18.9. The number of carbonyl (C=O) groups is 1. The molecule has 0 bridgehead atoms. The van der Waals surface area contributed by atoms with Crippen LogP contribution in [0.5, 0.6) is 17.2 Å². The monoisotopic (exact) mass is 357 g/mol. The van der Waals surface area contributed by atoms with Crippen LogP contribution in [0.4, 0.5) is 5.69 Å². The van der Waals surface area contributed by atoms with Gasteiger partial charge in [0.15, 0.2) is 11.5 Å². The molecule has 0 fully saturated rings. The molecule has 0 aromatic heterocycles. The van der Waals surface area contributed by atoms with Crippen molar-refractivity contribution in [2.45, 2.75) is 6.92 Å². The van der Waals surface area contributed by atoms with Crippen LogP contribution in [0.15, 0.2) is 41.5 Å². The molecule has 0 aliphatic carbocycles. The first-order chi connectivity index (χ1) is 12.6. The molecule has 26 heavy (non-hydrogen) atoms. The topological polar surface area (TPSA) is 81.2 Å². The average Bonchev–Trinajstić information content (AvgIpc) is 2.65. The second-order valence-corrected chi connectivity index (χ2v) is 5.47. The molecule has 0 aliphatic heterocycles. The first kappa shape index (κ1) is 19.1. The highest BCUT2D eigenvalue weighted by atomic mass is 16.5. The van der Waals surface area contributed by atoms with Gasteiger partial charge in [-0.2, -0.15) is 5.10 Å². The Morgan fingerprint density at radius 3 is 2.35 bits per heavy atom. The number of hydrogen-bond acceptors (Lipinski definition) is 6. The molecule has 138 valence electrons. The second kappa shape index (κ2) is 9.31. The summed E-state index contributed by atoms with van der Waals surface area (Å²) >= 11 is 0. The number of aryl methyl sites for hydroxylation is 1. The quantitative estimate of drug-likeness (QED) is 0.561. The Bertz CT molecular complexity index is 765. The summed E-state index contributed by atoms with van der Waals surface area (Å²) in [7, 11) is 4.61. The number of methoxy groups -OCH3 is 3. The molecule has 2 aromatic carbocycles. The fraction of sp³-hybridized carbons (Fsp3) is 0.263. The van der Waals surface area contributed by atoms with Gasteiger partial charge in [-0.15, -0.1) is 0 Å². The van der Waals surface area contributed by atoms with Gasteiger partial charge in [-0.05, 0) is 36.8 Å². The fourth-order valence-electron chi connectivity index (χ4n) is 2.33. The van der Waals surface area contributed by atoms with Crippen molar-refractivity contribution in [3.63, 3.8) is 0 Å². The average molecular weight is 357 g/mol. The lowest BCUT2D eigenvalue weighted by Crippen LogP contribution is -2.25. The van der Waals surface area contributed by atoms with Crippen molar-refractivity contribution >= 4 is 17.8 Å². The molecule has 0 unspecified atom stereocenters. The maximum absolute atomic E-state index is 11.9. The summed E-state index contributed by atoms with van der Waals surface area (Å²) in [5.41, 5.74) is 5.18. The summed E-state index contributed by atoms with van der Waals surface area (Å²) in [6.45, 7) is 2.11. The molecule has 2 aromatic rings. The summed E-state index contributed by atoms with van der Waals surface area (Å²) in [5, 5.41) is 7.00. The molecule has 2 N–H and O–H groups in total. The van der Waals surface area contributed by atoms with Crippen LogP contribution in [0.2, 0.25) is 0 Å². The van der Waals surface area contributed by atoms with Crippen LogP contribution >= 0.6 is 0 Å². The molecule has 7 nitrogen and oxygen atoms in total. The van der Waals surface area contributed by atoms with Gasteiger partial charge in [0.05, 0.1) is 34.1 Å². The maximum Gasteiger partial charge on any atom is 0.259 e. The van der Waals surface area contributed by atoms with E-state index in [2.05, 4.69) is 15.8 Å². The summed E-state index contributed by atoms with van der Waals surface area (Å²) in [6, 6.07) is 11.3. The minimum absolute atomic E-state index is 0.121. The van der Waals surface area contributed by atoms with Crippen molar-refractivity contribution < 1.29 is 19.0 Å². The Morgan fingerprint density at radius 1 is 1.08 bits per heavy atom. The number of carbonyl (C=O) groups excluding carboxylic acids is 1. The number of ether oxygens (including phenoxy) is 3. The number of hydrogen-bond donors (Lipinski definition) is 2. The van der Waals surface area contributed by atoms with Crippen molar-refractivity contribution in [2.75, 3.05) is 33.2 Å². The third kappa shape index (κ3) is 5.14. The molecular formula is C19H23N3O4. The van der Waals surface area contributed by atoms with Gasteiger partial charge in [-0.25, -0.2) is 5.43 Å². The number of rotatable bonds is 8. The number of nitrogens with one attached hydrogen (secondary N) is 2. The minimum Gasteiger partial charge on any atom is -0.493 e. The van der Waals surface area contributed by atoms with E-state index < -0.39 is 0 Å². The van der Waals surface area contributed by atoms with Crippen LogP contribution in [-0.2, 0) is 4.79 Å². The van der Waals surface area contributed by atoms with Crippen molar-refractivity contribution in [1.29, 1.82) is 0 Å². The van der Waals surface area contributed by atoms with E-state index in [4.69, 9.17) is 14.2 Å². The van der Waals surface area contributed by atoms with Gasteiger partial charge in [-0.1, -0.05) is 12.1 Å². The SMILES string of the molecule is COc1cc(/C=N\NC(=O)CNc2cccc(C)c2)cc(OC)c1OC. The van der Waals surface area contributed by atoms with Gasteiger partial charge in [0.2, 0.25) is 5.75 Å². The molecular weight excluding hydrogens is 334 g/mol. The van der Waals surface area contributed by atoms with Crippen LogP contribution < -0.4 is 25.0 Å². The number of hydrazone groups is 1. The molecule has 0 radical (unpaired) electrons. The highest BCUT2D eigenvalue weighted by molar-refractivity contribution is 5.85. The van der Waals surface area contributed by atoms with E-state index in [-0.39, 0.29) is 12.5 Å². The van der Waals surface area contributed by atoms with Gasteiger partial charge in [-0.3, -0.25) is 4.79 Å². The molecule has 0 spiro atoms. The largest absolute Gasteiger partial charge is 0.493 e. The van der Waals surface area contributed by atoms with Gasteiger partial charge >= 0.3 is 0 Å². The van der Waals surface area contributed by atoms with Crippen LogP contribution in [-0.4, -0.2) is 40.0 Å². The minimum atomic E-state index is -0.254. The van der Waals surface area contributed by atoms with Gasteiger partial charge < -0.3 is 19.5 Å². The van der Waals surface area contributed by atoms with Crippen molar-refractivity contribution in [3.05, 3.63) is 47.5 Å². The first-order valence-electron chi connectivity index (χ1n) is 7.99. The lowest BCUT2D eigenvalue weighted by atomic mass is 10.2. The molecule has 7 heteroatoms. The lowest BCUT2D eigenvalue weighted by molar-refractivity contribution is -0.119. The molecule has 0 atom stereocenters. The van der Waals surface area contributed by atoms with Crippen LogP contribution in [0.3, 0.4) is 0 Å². The maximum atomic E-state index is 11.9. The molecule has 2 rings (SSSR count). The van der Waals surface area contributed by atoms with E-state index in [1.54, 1.807) is 12.1 Å². The van der Waals surface area contributed by atoms with Gasteiger partial charge in [0, 0.05) is 11.3 Å². The third-order valence-electron chi connectivity index (χ3n) is 3.56. The molecule has 1 amide bonds. The second-order valence-electron chi connectivity index (χ2n) is 5.47. The molecule has 0 saturated heterocycles. The Labute approximate surface area is 153 Å². The van der Waals surface area contributed by atoms with E-state index in [0.717, 1.165) is 11.3 Å². The first-order valence-corrected chi connectivity index (χ1v) is 7.99. The predicted octanol–water partition coefficient (Wildman–Crippen LogP) is 2.58. The Balaban J connectivity index is 1.96. The Morgan fingerprint density at radius 2 is 1.77 bits per heavy atom. The molecule has 0 saturated carbocycles. The van der Waals surface area contributed by atoms with E-state index >= 15 is 0 Å². The van der Waals surface area contributed by atoms with Crippen molar-refractivity contribution in [3.8, 4) is 17.2 Å². The van der Waals surface area contributed by atoms with E-state index in [1.807, 2.05) is 31.2 Å². The fourth-order valence-corrected chi connectivity index (χ4v) is 2.33. The van der Waals surface area contributed by atoms with Crippen LogP contribution in [0.1, 0.15) is 11.1 Å². The summed E-state index contributed by atoms with van der Waals surface area (Å²) in [6.07, 6.45) is 1.51. The van der Waals surface area contributed by atoms with Gasteiger partial charge in [0.1, 0.15) is 0 Å². The normalized spacial score (nSPS) is 10.5. The Kier molecular flexibility index (Phi) is 6.84. The summed E-state index contributed by atoms with van der Waals surface area (Å²) in [5.74, 6) is 1.27. The smallest absolute Gasteiger partial charge is 0.259 e. The summed E-state index contributed by atoms with van der Waals surface area (Å²) in [4.78, 5) is 11.9. The number of amides is 1. The summed E-state index contributed by atoms with van der Waals surface area (Å²) < 4.78 is 15.8. The number of benzene rings is 2. The third-order valence-corrected chi connectivity index (χ3v) is 3.56. The van der Waals surface area contributed by atoms with Crippen LogP contribution in [0.25, 0.3) is 0 Å². The highest BCUT2D eigenvalue weighted by Gasteiger charge is 2.12. The predicted molar refractivity (Wildman–Crippen MR) is 102 cm³/mol. The number of nitrogens with zero attached hydrogens (tertiary/aromatic N) is 1. The zero-order valence-electron chi connectivity index (χ0n) is 15.3. The van der Waals surface area contributed by atoms with E-state index in [1.165, 1.54) is 27.5 Å². The number of anilines is 1. The van der Waals surface area contributed by atoms with Gasteiger partial charge in [0.25, 0.3) is 5.91 Å². The lowest BCUT2D eigenvalue weighted by Gasteiger charge is -2.12. The van der Waals surface area contributed by atoms with Crippen LogP contribution in [0, 0.1) is 6.92 Å². The zero-order valence-corrected chi connectivity index (χ0v) is 15.3. The Hall–Kier alpha value is -3.22. The van der Waals surface area contributed by atoms with E-state index in [9.17, 15) is 4.79 Å². The highest BCUT2D eigenvalue weighted by Crippen LogP contribution is 2.37. The van der Waals surface area contributed by atoms with Crippen molar-refractivity contribution in [2.24, 2.45) is 5.10 Å².